The van der Waals surface area contributed by atoms with Gasteiger partial charge in [0.05, 0.1) is 21.9 Å². The number of hydrogen-bond donors (Lipinski definition) is 0. The highest BCUT2D eigenvalue weighted by Crippen LogP contribution is 2.40. The van der Waals surface area contributed by atoms with Gasteiger partial charge in [0.25, 0.3) is 0 Å². The molecule has 0 aromatic heterocycles. The van der Waals surface area contributed by atoms with Crippen LogP contribution in [0.2, 0.25) is 0 Å². The van der Waals surface area contributed by atoms with Crippen LogP contribution in [0.1, 0.15) is 11.1 Å². The van der Waals surface area contributed by atoms with E-state index in [1.165, 1.54) is 8.61 Å². The Kier molecular flexibility index (Phi) is 4.00. The Hall–Kier alpha value is -1.74. The monoisotopic (exact) mass is 392 g/mol. The summed E-state index contributed by atoms with van der Waals surface area (Å²) in [5.41, 5.74) is 1.98. The molecule has 0 saturated carbocycles. The predicted molar refractivity (Wildman–Crippen MR) is 97.7 cm³/mol. The van der Waals surface area contributed by atoms with Crippen LogP contribution in [0, 0.1) is 13.8 Å². The van der Waals surface area contributed by atoms with Gasteiger partial charge in [0.15, 0.2) is 0 Å². The summed E-state index contributed by atoms with van der Waals surface area (Å²) in [4.78, 5) is 0.499. The number of aryl methyl sites for hydroxylation is 2. The lowest BCUT2D eigenvalue weighted by atomic mass is 10.2. The van der Waals surface area contributed by atoms with Crippen molar-refractivity contribution in [2.75, 3.05) is 13.1 Å². The predicted octanol–water partition coefficient (Wildman–Crippen LogP) is 1.75. The van der Waals surface area contributed by atoms with E-state index in [0.29, 0.717) is 13.1 Å². The van der Waals surface area contributed by atoms with Crippen molar-refractivity contribution in [1.82, 2.24) is 8.61 Å². The molecule has 0 amide bonds. The van der Waals surface area contributed by atoms with E-state index in [9.17, 15) is 16.8 Å². The van der Waals surface area contributed by atoms with E-state index in [2.05, 4.69) is 0 Å². The van der Waals surface area contributed by atoms with E-state index in [4.69, 9.17) is 0 Å². The fourth-order valence-corrected chi connectivity index (χ4v) is 6.34. The molecule has 2 aliphatic heterocycles. The number of hydrogen-bond acceptors (Lipinski definition) is 4. The van der Waals surface area contributed by atoms with E-state index in [1.54, 1.807) is 48.5 Å². The average Bonchev–Trinajstić information content (AvgIpc) is 3.46. The topological polar surface area (TPSA) is 74.3 Å². The minimum Gasteiger partial charge on any atom is -0.207 e. The summed E-state index contributed by atoms with van der Waals surface area (Å²) in [6.45, 7) is 4.52. The van der Waals surface area contributed by atoms with E-state index in [0.717, 1.165) is 11.1 Å². The molecule has 2 unspecified atom stereocenters. The highest BCUT2D eigenvalue weighted by molar-refractivity contribution is 7.89. The summed E-state index contributed by atoms with van der Waals surface area (Å²) >= 11 is 0. The highest BCUT2D eigenvalue weighted by atomic mass is 32.2. The highest BCUT2D eigenvalue weighted by Gasteiger charge is 2.59. The van der Waals surface area contributed by atoms with E-state index in [-0.39, 0.29) is 21.9 Å². The first-order valence-electron chi connectivity index (χ1n) is 8.38. The first kappa shape index (κ1) is 17.7. The second-order valence-electron chi connectivity index (χ2n) is 6.91. The van der Waals surface area contributed by atoms with Crippen molar-refractivity contribution in [2.24, 2.45) is 0 Å². The van der Waals surface area contributed by atoms with Crippen LogP contribution in [-0.2, 0) is 20.0 Å². The lowest BCUT2D eigenvalue weighted by molar-refractivity contribution is 0.529. The lowest BCUT2D eigenvalue weighted by Gasteiger charge is -2.08. The van der Waals surface area contributed by atoms with Crippen LogP contribution in [0.25, 0.3) is 0 Å². The largest absolute Gasteiger partial charge is 0.243 e. The molecule has 26 heavy (non-hydrogen) atoms. The summed E-state index contributed by atoms with van der Waals surface area (Å²) in [6.07, 6.45) is 0. The van der Waals surface area contributed by atoms with Crippen molar-refractivity contribution < 1.29 is 16.8 Å². The summed E-state index contributed by atoms with van der Waals surface area (Å²) in [5, 5.41) is 0. The van der Waals surface area contributed by atoms with Gasteiger partial charge >= 0.3 is 0 Å². The molecule has 2 aromatic rings. The van der Waals surface area contributed by atoms with Gasteiger partial charge in [0.1, 0.15) is 0 Å². The van der Waals surface area contributed by atoms with E-state index < -0.39 is 20.0 Å². The van der Waals surface area contributed by atoms with Gasteiger partial charge in [0, 0.05) is 13.1 Å². The second-order valence-corrected chi connectivity index (χ2v) is 10.7. The standard InChI is InChI=1S/C18H20N2O4S2/c1-13-3-7-15(8-4-13)25(21,22)19-11-17(19)18-12-20(18)26(23,24)16-9-5-14(2)6-10-16/h3-10,17-18H,11-12H2,1-2H3/t17-,18-,19?,20?/m1/s1. The Bertz CT molecular complexity index is 958. The average molecular weight is 393 g/mol. The second kappa shape index (κ2) is 5.88. The van der Waals surface area contributed by atoms with Gasteiger partial charge in [-0.1, -0.05) is 35.4 Å². The van der Waals surface area contributed by atoms with Crippen LogP contribution in [0.3, 0.4) is 0 Å². The number of nitrogens with zero attached hydrogens (tertiary/aromatic N) is 2. The first-order chi connectivity index (χ1) is 12.2. The van der Waals surface area contributed by atoms with Gasteiger partial charge in [-0.15, -0.1) is 0 Å². The molecule has 138 valence electrons. The van der Waals surface area contributed by atoms with Crippen LogP contribution in [0.15, 0.2) is 58.3 Å². The summed E-state index contributed by atoms with van der Waals surface area (Å²) in [5.74, 6) is 0. The lowest BCUT2D eigenvalue weighted by Crippen LogP contribution is -2.21. The van der Waals surface area contributed by atoms with E-state index in [1.807, 2.05) is 13.8 Å². The molecule has 0 aliphatic carbocycles. The van der Waals surface area contributed by atoms with Crippen molar-refractivity contribution in [3.05, 3.63) is 59.7 Å². The van der Waals surface area contributed by atoms with Gasteiger partial charge in [-0.05, 0) is 38.1 Å². The molecule has 2 aromatic carbocycles. The first-order valence-corrected chi connectivity index (χ1v) is 11.3. The normalized spacial score (nSPS) is 27.9. The van der Waals surface area contributed by atoms with E-state index >= 15 is 0 Å². The van der Waals surface area contributed by atoms with Crippen LogP contribution >= 0.6 is 0 Å². The summed E-state index contributed by atoms with van der Waals surface area (Å²) < 4.78 is 53.4. The zero-order valence-electron chi connectivity index (χ0n) is 14.5. The van der Waals surface area contributed by atoms with Crippen molar-refractivity contribution in [3.8, 4) is 0 Å². The number of benzene rings is 2. The van der Waals surface area contributed by atoms with Crippen LogP contribution < -0.4 is 0 Å². The molecule has 0 bridgehead atoms. The third kappa shape index (κ3) is 2.96. The van der Waals surface area contributed by atoms with Crippen molar-refractivity contribution in [3.63, 3.8) is 0 Å². The Morgan fingerprint density at radius 3 is 1.27 bits per heavy atom. The third-order valence-corrected chi connectivity index (χ3v) is 8.72. The Balaban J connectivity index is 1.49. The summed E-state index contributed by atoms with van der Waals surface area (Å²) in [7, 11) is -7.13. The molecule has 2 fully saturated rings. The minimum atomic E-state index is -3.56. The van der Waals surface area contributed by atoms with Gasteiger partial charge in [-0.2, -0.15) is 8.61 Å². The Morgan fingerprint density at radius 1 is 0.654 bits per heavy atom. The van der Waals surface area contributed by atoms with Gasteiger partial charge in [0.2, 0.25) is 20.0 Å². The molecule has 4 atom stereocenters. The summed E-state index contributed by atoms with van der Waals surface area (Å²) in [6, 6.07) is 12.9. The maximum atomic E-state index is 12.7. The third-order valence-electron chi connectivity index (χ3n) is 4.91. The molecule has 8 heteroatoms. The maximum Gasteiger partial charge on any atom is 0.243 e. The number of sulfonamides is 2. The van der Waals surface area contributed by atoms with Crippen LogP contribution in [0.5, 0.6) is 0 Å². The number of rotatable bonds is 5. The van der Waals surface area contributed by atoms with Crippen LogP contribution in [-0.4, -0.2) is 50.6 Å². The molecule has 0 spiro atoms. The molecular formula is C18H20N2O4S2. The van der Waals surface area contributed by atoms with Gasteiger partial charge in [-0.3, -0.25) is 0 Å². The molecular weight excluding hydrogens is 372 g/mol. The van der Waals surface area contributed by atoms with Gasteiger partial charge < -0.3 is 0 Å². The molecule has 2 saturated heterocycles. The van der Waals surface area contributed by atoms with Crippen LogP contribution in [0.4, 0.5) is 0 Å². The fourth-order valence-electron chi connectivity index (χ4n) is 3.15. The SMILES string of the molecule is Cc1ccc(S(=O)(=O)N2C[C@@H]2[C@H]2CN2S(=O)(=O)c2ccc(C)cc2)cc1. The van der Waals surface area contributed by atoms with Crippen molar-refractivity contribution >= 4 is 20.0 Å². The Labute approximate surface area is 154 Å². The fraction of sp³-hybridized carbons (Fsp3) is 0.333. The van der Waals surface area contributed by atoms with Crippen molar-refractivity contribution in [2.45, 2.75) is 35.7 Å². The Morgan fingerprint density at radius 2 is 0.962 bits per heavy atom. The molecule has 0 radical (unpaired) electrons. The zero-order chi connectivity index (χ0) is 18.7. The van der Waals surface area contributed by atoms with Crippen molar-refractivity contribution in [1.29, 1.82) is 0 Å². The quantitative estimate of drug-likeness (QED) is 0.727. The molecule has 6 nitrogen and oxygen atoms in total. The molecule has 4 rings (SSSR count). The smallest absolute Gasteiger partial charge is 0.207 e. The maximum absolute atomic E-state index is 12.7. The molecule has 0 N–H and O–H groups in total. The van der Waals surface area contributed by atoms with Gasteiger partial charge in [-0.25, -0.2) is 16.8 Å². The minimum absolute atomic E-state index is 0.249. The zero-order valence-corrected chi connectivity index (χ0v) is 16.2. The molecule has 2 aliphatic rings. The molecule has 2 heterocycles.